The van der Waals surface area contributed by atoms with Crippen molar-refractivity contribution < 1.29 is 4.79 Å². The first-order valence-electron chi connectivity index (χ1n) is 5.81. The Labute approximate surface area is 85.2 Å². The number of carbonyl (C=O) groups is 1. The fourth-order valence-electron chi connectivity index (χ4n) is 5.01. The Morgan fingerprint density at radius 1 is 1.21 bits per heavy atom. The number of rotatable bonds is 1. The van der Waals surface area contributed by atoms with Gasteiger partial charge in [-0.2, -0.15) is 0 Å². The van der Waals surface area contributed by atoms with Crippen LogP contribution in [0, 0.1) is 22.7 Å². The molecule has 4 fully saturated rings. The van der Waals surface area contributed by atoms with Crippen molar-refractivity contribution in [2.75, 3.05) is 0 Å². The van der Waals surface area contributed by atoms with Gasteiger partial charge >= 0.3 is 0 Å². The zero-order chi connectivity index (χ0) is 9.97. The molecule has 78 valence electrons. The van der Waals surface area contributed by atoms with Crippen LogP contribution in [0.2, 0.25) is 0 Å². The molecule has 2 nitrogen and oxygen atoms in total. The largest absolute Gasteiger partial charge is 0.369 e. The Bertz CT molecular complexity index is 283. The second-order valence-electron chi connectivity index (χ2n) is 6.42. The highest BCUT2D eigenvalue weighted by Crippen LogP contribution is 2.64. The van der Waals surface area contributed by atoms with Crippen molar-refractivity contribution in [2.45, 2.75) is 45.4 Å². The van der Waals surface area contributed by atoms with Crippen molar-refractivity contribution in [3.05, 3.63) is 0 Å². The van der Waals surface area contributed by atoms with E-state index < -0.39 is 0 Å². The second kappa shape index (κ2) is 2.34. The molecule has 4 saturated carbocycles. The molecule has 0 unspecified atom stereocenters. The molecule has 4 aliphatic carbocycles. The minimum Gasteiger partial charge on any atom is -0.369 e. The number of carbonyl (C=O) groups excluding carboxylic acids is 1. The van der Waals surface area contributed by atoms with E-state index in [2.05, 4.69) is 6.92 Å². The Morgan fingerprint density at radius 2 is 1.79 bits per heavy atom. The summed E-state index contributed by atoms with van der Waals surface area (Å²) < 4.78 is 0. The van der Waals surface area contributed by atoms with Crippen LogP contribution in [0.1, 0.15) is 45.4 Å². The Kier molecular flexibility index (Phi) is 1.46. The standard InChI is InChI=1S/C12H19NO/c1-11-3-8-2-9(4-11)6-12(5-8,7-11)10(13)14/h8-9H,2-7H2,1H3,(H2,13,14)/t8-,9-,11?,12?/m1/s1. The molecule has 0 saturated heterocycles. The maximum atomic E-state index is 11.6. The molecular weight excluding hydrogens is 174 g/mol. The van der Waals surface area contributed by atoms with Crippen molar-refractivity contribution in [3.63, 3.8) is 0 Å². The van der Waals surface area contributed by atoms with Crippen molar-refractivity contribution in [1.82, 2.24) is 0 Å². The first kappa shape index (κ1) is 8.75. The molecule has 0 aromatic heterocycles. The van der Waals surface area contributed by atoms with Gasteiger partial charge < -0.3 is 5.73 Å². The van der Waals surface area contributed by atoms with Crippen LogP contribution in [0.4, 0.5) is 0 Å². The summed E-state index contributed by atoms with van der Waals surface area (Å²) in [5.41, 5.74) is 5.96. The summed E-state index contributed by atoms with van der Waals surface area (Å²) in [6.45, 7) is 2.36. The lowest BCUT2D eigenvalue weighted by molar-refractivity contribution is -0.151. The number of nitrogens with two attached hydrogens (primary N) is 1. The van der Waals surface area contributed by atoms with Gasteiger partial charge in [0, 0.05) is 5.41 Å². The molecule has 14 heavy (non-hydrogen) atoms. The predicted molar refractivity (Wildman–Crippen MR) is 54.4 cm³/mol. The average molecular weight is 193 g/mol. The van der Waals surface area contributed by atoms with Gasteiger partial charge in [-0.1, -0.05) is 6.92 Å². The van der Waals surface area contributed by atoms with Crippen LogP contribution in [-0.4, -0.2) is 5.91 Å². The second-order valence-corrected chi connectivity index (χ2v) is 6.42. The van der Waals surface area contributed by atoms with E-state index >= 15 is 0 Å². The maximum absolute atomic E-state index is 11.6. The van der Waals surface area contributed by atoms with Gasteiger partial charge in [0.25, 0.3) is 0 Å². The van der Waals surface area contributed by atoms with E-state index in [0.717, 1.165) is 31.1 Å². The molecule has 4 rings (SSSR count). The Morgan fingerprint density at radius 3 is 2.21 bits per heavy atom. The van der Waals surface area contributed by atoms with Gasteiger partial charge in [0.2, 0.25) is 5.91 Å². The molecule has 2 N–H and O–H groups in total. The summed E-state index contributed by atoms with van der Waals surface area (Å²) in [5, 5.41) is 0. The molecule has 0 spiro atoms. The van der Waals surface area contributed by atoms with Crippen LogP contribution in [-0.2, 0) is 4.79 Å². The molecule has 0 aliphatic heterocycles. The summed E-state index contributed by atoms with van der Waals surface area (Å²) in [6.07, 6.45) is 7.31. The summed E-state index contributed by atoms with van der Waals surface area (Å²) >= 11 is 0. The van der Waals surface area contributed by atoms with E-state index in [1.54, 1.807) is 0 Å². The highest BCUT2D eigenvalue weighted by Gasteiger charge is 2.58. The normalized spacial score (nSPS) is 54.9. The minimum atomic E-state index is -0.0984. The fraction of sp³-hybridized carbons (Fsp3) is 0.917. The third-order valence-electron chi connectivity index (χ3n) is 4.88. The molecule has 2 atom stereocenters. The zero-order valence-electron chi connectivity index (χ0n) is 8.88. The third-order valence-corrected chi connectivity index (χ3v) is 4.88. The Hall–Kier alpha value is -0.530. The van der Waals surface area contributed by atoms with Crippen LogP contribution in [0.25, 0.3) is 0 Å². The smallest absolute Gasteiger partial charge is 0.223 e. The highest BCUT2D eigenvalue weighted by molar-refractivity contribution is 5.81. The number of primary amides is 1. The van der Waals surface area contributed by atoms with Crippen LogP contribution < -0.4 is 5.73 Å². The van der Waals surface area contributed by atoms with Crippen molar-refractivity contribution >= 4 is 5.91 Å². The first-order chi connectivity index (χ1) is 6.51. The first-order valence-corrected chi connectivity index (χ1v) is 5.81. The summed E-state index contributed by atoms with van der Waals surface area (Å²) in [7, 11) is 0. The van der Waals surface area contributed by atoms with Crippen LogP contribution in [0.15, 0.2) is 0 Å². The number of hydrogen-bond acceptors (Lipinski definition) is 1. The molecule has 4 bridgehead atoms. The third kappa shape index (κ3) is 0.999. The SMILES string of the molecule is CC12C[C@H]3C[C@H](C1)CC(C(N)=O)(C3)C2. The van der Waals surface area contributed by atoms with Gasteiger partial charge in [-0.15, -0.1) is 0 Å². The van der Waals surface area contributed by atoms with Gasteiger partial charge in [0.1, 0.15) is 0 Å². The van der Waals surface area contributed by atoms with E-state index in [9.17, 15) is 4.79 Å². The van der Waals surface area contributed by atoms with Gasteiger partial charge in [-0.25, -0.2) is 0 Å². The van der Waals surface area contributed by atoms with Crippen LogP contribution in [0.5, 0.6) is 0 Å². The fourth-order valence-corrected chi connectivity index (χ4v) is 5.01. The molecule has 1 amide bonds. The molecule has 0 aromatic carbocycles. The van der Waals surface area contributed by atoms with E-state index in [1.165, 1.54) is 19.3 Å². The van der Waals surface area contributed by atoms with Crippen LogP contribution in [0.3, 0.4) is 0 Å². The highest BCUT2D eigenvalue weighted by atomic mass is 16.1. The zero-order valence-corrected chi connectivity index (χ0v) is 8.88. The van der Waals surface area contributed by atoms with Crippen LogP contribution >= 0.6 is 0 Å². The molecule has 0 radical (unpaired) electrons. The lowest BCUT2D eigenvalue weighted by atomic mass is 9.44. The van der Waals surface area contributed by atoms with Gasteiger partial charge in [-0.05, 0) is 55.8 Å². The van der Waals surface area contributed by atoms with Crippen molar-refractivity contribution in [2.24, 2.45) is 28.4 Å². The van der Waals surface area contributed by atoms with Gasteiger partial charge in [0.15, 0.2) is 0 Å². The minimum absolute atomic E-state index is 0.0159. The number of hydrogen-bond donors (Lipinski definition) is 1. The van der Waals surface area contributed by atoms with Gasteiger partial charge in [0.05, 0.1) is 0 Å². The quantitative estimate of drug-likeness (QED) is 0.680. The van der Waals surface area contributed by atoms with E-state index in [0.29, 0.717) is 5.41 Å². The van der Waals surface area contributed by atoms with E-state index in [4.69, 9.17) is 5.73 Å². The molecule has 2 heteroatoms. The lowest BCUT2D eigenvalue weighted by Gasteiger charge is -2.60. The summed E-state index contributed by atoms with van der Waals surface area (Å²) in [5.74, 6) is 1.58. The molecule has 0 heterocycles. The van der Waals surface area contributed by atoms with E-state index in [1.807, 2.05) is 0 Å². The maximum Gasteiger partial charge on any atom is 0.223 e. The van der Waals surface area contributed by atoms with Crippen molar-refractivity contribution in [3.8, 4) is 0 Å². The number of amides is 1. The monoisotopic (exact) mass is 193 g/mol. The molecule has 4 aliphatic rings. The Balaban J connectivity index is 2.00. The summed E-state index contributed by atoms with van der Waals surface area (Å²) in [4.78, 5) is 11.6. The average Bonchev–Trinajstić information content (AvgIpc) is 1.98. The lowest BCUT2D eigenvalue weighted by Crippen LogP contribution is -2.55. The van der Waals surface area contributed by atoms with E-state index in [-0.39, 0.29) is 11.3 Å². The van der Waals surface area contributed by atoms with Gasteiger partial charge in [-0.3, -0.25) is 4.79 Å². The molecule has 0 aromatic rings. The summed E-state index contributed by atoms with van der Waals surface area (Å²) in [6, 6.07) is 0. The topological polar surface area (TPSA) is 43.1 Å². The van der Waals surface area contributed by atoms with Crippen molar-refractivity contribution in [1.29, 1.82) is 0 Å². The molecular formula is C12H19NO. The predicted octanol–water partition coefficient (Wildman–Crippen LogP) is 2.08.